The summed E-state index contributed by atoms with van der Waals surface area (Å²) in [4.78, 5) is 2.39. The SMILES string of the molecule is CCCCCN(C)CC1CCC(C)(C)C1O. The van der Waals surface area contributed by atoms with Gasteiger partial charge in [-0.15, -0.1) is 0 Å². The Labute approximate surface area is 101 Å². The van der Waals surface area contributed by atoms with Crippen molar-refractivity contribution in [2.45, 2.75) is 59.0 Å². The summed E-state index contributed by atoms with van der Waals surface area (Å²) in [6, 6.07) is 0. The summed E-state index contributed by atoms with van der Waals surface area (Å²) < 4.78 is 0. The minimum atomic E-state index is -0.110. The molecule has 1 saturated carbocycles. The first-order valence-electron chi connectivity index (χ1n) is 6.84. The van der Waals surface area contributed by atoms with Crippen LogP contribution in [-0.4, -0.2) is 36.2 Å². The number of hydrogen-bond donors (Lipinski definition) is 1. The van der Waals surface area contributed by atoms with E-state index in [-0.39, 0.29) is 11.5 Å². The van der Waals surface area contributed by atoms with Crippen molar-refractivity contribution >= 4 is 0 Å². The largest absolute Gasteiger partial charge is 0.392 e. The van der Waals surface area contributed by atoms with Gasteiger partial charge in [0.15, 0.2) is 0 Å². The molecule has 0 spiro atoms. The van der Waals surface area contributed by atoms with E-state index in [9.17, 15) is 5.11 Å². The van der Waals surface area contributed by atoms with Gasteiger partial charge in [-0.05, 0) is 44.2 Å². The second-order valence-electron chi connectivity index (χ2n) is 6.20. The summed E-state index contributed by atoms with van der Waals surface area (Å²) in [5.74, 6) is 0.488. The molecule has 0 amide bonds. The van der Waals surface area contributed by atoms with Crippen LogP contribution in [0, 0.1) is 11.3 Å². The van der Waals surface area contributed by atoms with Crippen LogP contribution in [-0.2, 0) is 0 Å². The molecule has 96 valence electrons. The summed E-state index contributed by atoms with van der Waals surface area (Å²) in [6.45, 7) is 8.86. The fourth-order valence-corrected chi connectivity index (χ4v) is 2.82. The lowest BCUT2D eigenvalue weighted by Gasteiger charge is -2.28. The average molecular weight is 227 g/mol. The Balaban J connectivity index is 2.27. The molecule has 1 N–H and O–H groups in total. The van der Waals surface area contributed by atoms with Gasteiger partial charge in [0.25, 0.3) is 0 Å². The van der Waals surface area contributed by atoms with Crippen LogP contribution < -0.4 is 0 Å². The second kappa shape index (κ2) is 6.02. The lowest BCUT2D eigenvalue weighted by atomic mass is 9.87. The van der Waals surface area contributed by atoms with Gasteiger partial charge in [0.05, 0.1) is 6.10 Å². The number of nitrogens with zero attached hydrogens (tertiary/aromatic N) is 1. The van der Waals surface area contributed by atoms with Crippen LogP contribution in [0.15, 0.2) is 0 Å². The van der Waals surface area contributed by atoms with E-state index in [1.54, 1.807) is 0 Å². The molecule has 1 aliphatic carbocycles. The normalized spacial score (nSPS) is 28.9. The molecule has 2 atom stereocenters. The minimum absolute atomic E-state index is 0.110. The molecule has 16 heavy (non-hydrogen) atoms. The first-order chi connectivity index (χ1) is 7.47. The summed E-state index contributed by atoms with van der Waals surface area (Å²) >= 11 is 0. The van der Waals surface area contributed by atoms with Crippen molar-refractivity contribution in [2.24, 2.45) is 11.3 Å². The van der Waals surface area contributed by atoms with Crippen molar-refractivity contribution in [1.82, 2.24) is 4.90 Å². The van der Waals surface area contributed by atoms with Crippen LogP contribution in [0.1, 0.15) is 52.9 Å². The van der Waals surface area contributed by atoms with E-state index in [0.717, 1.165) is 6.54 Å². The van der Waals surface area contributed by atoms with Crippen LogP contribution in [0.5, 0.6) is 0 Å². The maximum atomic E-state index is 10.2. The van der Waals surface area contributed by atoms with Gasteiger partial charge < -0.3 is 10.0 Å². The Kier molecular flexibility index (Phi) is 5.26. The zero-order chi connectivity index (χ0) is 12.2. The molecular formula is C14H29NO. The molecule has 0 bridgehead atoms. The summed E-state index contributed by atoms with van der Waals surface area (Å²) in [7, 11) is 2.19. The van der Waals surface area contributed by atoms with Crippen LogP contribution >= 0.6 is 0 Å². The number of unbranched alkanes of at least 4 members (excludes halogenated alkanes) is 2. The Morgan fingerprint density at radius 1 is 1.31 bits per heavy atom. The molecule has 0 saturated heterocycles. The number of aliphatic hydroxyl groups is 1. The fourth-order valence-electron chi connectivity index (χ4n) is 2.82. The fraction of sp³-hybridized carbons (Fsp3) is 1.00. The highest BCUT2D eigenvalue weighted by molar-refractivity contribution is 4.91. The first-order valence-corrected chi connectivity index (χ1v) is 6.84. The third kappa shape index (κ3) is 3.74. The smallest absolute Gasteiger partial charge is 0.0631 e. The summed E-state index contributed by atoms with van der Waals surface area (Å²) in [6.07, 6.45) is 6.14. The van der Waals surface area contributed by atoms with Gasteiger partial charge in [0.2, 0.25) is 0 Å². The van der Waals surface area contributed by atoms with Gasteiger partial charge >= 0.3 is 0 Å². The average Bonchev–Trinajstić information content (AvgIpc) is 2.46. The number of hydrogen-bond acceptors (Lipinski definition) is 2. The molecule has 2 heteroatoms. The van der Waals surface area contributed by atoms with E-state index < -0.39 is 0 Å². The lowest BCUT2D eigenvalue weighted by Crippen LogP contribution is -2.35. The van der Waals surface area contributed by atoms with Gasteiger partial charge in [0, 0.05) is 6.54 Å². The van der Waals surface area contributed by atoms with Crippen LogP contribution in [0.4, 0.5) is 0 Å². The first kappa shape index (κ1) is 14.0. The summed E-state index contributed by atoms with van der Waals surface area (Å²) in [5, 5.41) is 10.2. The molecule has 1 aliphatic rings. The lowest BCUT2D eigenvalue weighted by molar-refractivity contribution is 0.0354. The highest BCUT2D eigenvalue weighted by atomic mass is 16.3. The number of rotatable bonds is 6. The minimum Gasteiger partial charge on any atom is -0.392 e. The van der Waals surface area contributed by atoms with Crippen LogP contribution in [0.25, 0.3) is 0 Å². The molecule has 1 rings (SSSR count). The Bertz CT molecular complexity index is 203. The monoisotopic (exact) mass is 227 g/mol. The predicted molar refractivity (Wildman–Crippen MR) is 69.5 cm³/mol. The Morgan fingerprint density at radius 2 is 2.00 bits per heavy atom. The predicted octanol–water partition coefficient (Wildman–Crippen LogP) is 2.91. The molecule has 1 fully saturated rings. The van der Waals surface area contributed by atoms with Crippen molar-refractivity contribution in [1.29, 1.82) is 0 Å². The molecule has 0 aromatic carbocycles. The van der Waals surface area contributed by atoms with Crippen molar-refractivity contribution in [2.75, 3.05) is 20.1 Å². The van der Waals surface area contributed by atoms with E-state index >= 15 is 0 Å². The van der Waals surface area contributed by atoms with E-state index in [1.165, 1.54) is 38.6 Å². The van der Waals surface area contributed by atoms with Gasteiger partial charge in [-0.1, -0.05) is 33.6 Å². The zero-order valence-electron chi connectivity index (χ0n) is 11.5. The number of aliphatic hydroxyl groups excluding tert-OH is 1. The van der Waals surface area contributed by atoms with Crippen LogP contribution in [0.2, 0.25) is 0 Å². The van der Waals surface area contributed by atoms with Crippen molar-refractivity contribution in [3.8, 4) is 0 Å². The molecule has 2 nitrogen and oxygen atoms in total. The maximum Gasteiger partial charge on any atom is 0.0631 e. The maximum absolute atomic E-state index is 10.2. The van der Waals surface area contributed by atoms with E-state index in [4.69, 9.17) is 0 Å². The van der Waals surface area contributed by atoms with E-state index in [2.05, 4.69) is 32.7 Å². The summed E-state index contributed by atoms with van der Waals surface area (Å²) in [5.41, 5.74) is 0.134. The standard InChI is InChI=1S/C14H29NO/c1-5-6-7-10-15(4)11-12-8-9-14(2,3)13(12)16/h12-13,16H,5-11H2,1-4H3. The van der Waals surface area contributed by atoms with Gasteiger partial charge in [0.1, 0.15) is 0 Å². The molecular weight excluding hydrogens is 198 g/mol. The second-order valence-corrected chi connectivity index (χ2v) is 6.20. The van der Waals surface area contributed by atoms with Gasteiger partial charge in [-0.2, -0.15) is 0 Å². The van der Waals surface area contributed by atoms with Crippen molar-refractivity contribution in [3.63, 3.8) is 0 Å². The van der Waals surface area contributed by atoms with Crippen LogP contribution in [0.3, 0.4) is 0 Å². The Hall–Kier alpha value is -0.0800. The molecule has 0 aromatic heterocycles. The topological polar surface area (TPSA) is 23.5 Å². The molecule has 2 unspecified atom stereocenters. The third-order valence-corrected chi connectivity index (χ3v) is 4.10. The highest BCUT2D eigenvalue weighted by Gasteiger charge is 2.40. The Morgan fingerprint density at radius 3 is 2.50 bits per heavy atom. The van der Waals surface area contributed by atoms with E-state index in [0.29, 0.717) is 5.92 Å². The third-order valence-electron chi connectivity index (χ3n) is 4.10. The zero-order valence-corrected chi connectivity index (χ0v) is 11.5. The quantitative estimate of drug-likeness (QED) is 0.705. The molecule has 0 aliphatic heterocycles. The molecule has 0 radical (unpaired) electrons. The highest BCUT2D eigenvalue weighted by Crippen LogP contribution is 2.41. The van der Waals surface area contributed by atoms with E-state index in [1.807, 2.05) is 0 Å². The van der Waals surface area contributed by atoms with Crippen molar-refractivity contribution < 1.29 is 5.11 Å². The molecule has 0 heterocycles. The van der Waals surface area contributed by atoms with Gasteiger partial charge in [-0.3, -0.25) is 0 Å². The van der Waals surface area contributed by atoms with Gasteiger partial charge in [-0.25, -0.2) is 0 Å². The van der Waals surface area contributed by atoms with Crippen molar-refractivity contribution in [3.05, 3.63) is 0 Å². The molecule has 0 aromatic rings.